The van der Waals surface area contributed by atoms with Gasteiger partial charge in [-0.2, -0.15) is 0 Å². The molecule has 1 aliphatic heterocycles. The van der Waals surface area contributed by atoms with Crippen molar-refractivity contribution < 1.29 is 28.3 Å². The molecule has 0 radical (unpaired) electrons. The molecular formula is C21H27FN4O5. The van der Waals surface area contributed by atoms with Gasteiger partial charge in [0.1, 0.15) is 23.3 Å². The number of urea groups is 1. The van der Waals surface area contributed by atoms with Gasteiger partial charge >= 0.3 is 6.03 Å². The molecule has 2 aromatic rings. The Hall–Kier alpha value is -2.98. The smallest absolute Gasteiger partial charge is 0.319 e. The number of carbonyl (C=O) groups excluding carboxylic acids is 2. The molecule has 1 aromatic heterocycles. The van der Waals surface area contributed by atoms with Gasteiger partial charge in [0, 0.05) is 12.1 Å². The number of anilines is 1. The van der Waals surface area contributed by atoms with Crippen LogP contribution in [0.2, 0.25) is 0 Å². The Morgan fingerprint density at radius 1 is 1.23 bits per heavy atom. The second kappa shape index (κ2) is 10.4. The second-order valence-corrected chi connectivity index (χ2v) is 7.51. The van der Waals surface area contributed by atoms with Gasteiger partial charge < -0.3 is 30.3 Å². The molecule has 0 spiro atoms. The Labute approximate surface area is 179 Å². The van der Waals surface area contributed by atoms with E-state index in [-0.39, 0.29) is 30.7 Å². The number of ether oxygens (including phenoxy) is 1. The van der Waals surface area contributed by atoms with E-state index in [1.807, 2.05) is 0 Å². The number of aryl methyl sites for hydroxylation is 2. The summed E-state index contributed by atoms with van der Waals surface area (Å²) in [5.41, 5.74) is 1.49. The summed E-state index contributed by atoms with van der Waals surface area (Å²) in [6.07, 6.45) is 1.13. The summed E-state index contributed by atoms with van der Waals surface area (Å²) < 4.78 is 23.9. The van der Waals surface area contributed by atoms with E-state index < -0.39 is 11.9 Å². The molecule has 4 N–H and O–H groups in total. The SMILES string of the molecule is Cc1noc(C)c1NC(=O)NCC[C@H]1CC[C@H](NC(=O)c2ccc(F)cc2)[C@@H](CO)O1. The Bertz CT molecular complexity index is 882. The highest BCUT2D eigenvalue weighted by Gasteiger charge is 2.32. The van der Waals surface area contributed by atoms with Gasteiger partial charge in [-0.1, -0.05) is 5.16 Å². The van der Waals surface area contributed by atoms with Crippen molar-refractivity contribution in [1.29, 1.82) is 0 Å². The van der Waals surface area contributed by atoms with Crippen LogP contribution in [0, 0.1) is 19.7 Å². The van der Waals surface area contributed by atoms with Crippen LogP contribution in [0.3, 0.4) is 0 Å². The van der Waals surface area contributed by atoms with Crippen molar-refractivity contribution in [3.05, 3.63) is 47.1 Å². The zero-order valence-corrected chi connectivity index (χ0v) is 17.5. The number of rotatable bonds is 7. The van der Waals surface area contributed by atoms with Gasteiger partial charge in [-0.3, -0.25) is 4.79 Å². The van der Waals surface area contributed by atoms with Crippen molar-refractivity contribution in [1.82, 2.24) is 15.8 Å². The summed E-state index contributed by atoms with van der Waals surface area (Å²) in [7, 11) is 0. The highest BCUT2D eigenvalue weighted by molar-refractivity contribution is 5.94. The fraction of sp³-hybridized carbons (Fsp3) is 0.476. The number of amides is 3. The molecule has 168 valence electrons. The normalized spacial score (nSPS) is 20.8. The number of hydrogen-bond donors (Lipinski definition) is 4. The number of benzene rings is 1. The monoisotopic (exact) mass is 434 g/mol. The van der Waals surface area contributed by atoms with Gasteiger partial charge in [0.05, 0.1) is 18.8 Å². The summed E-state index contributed by atoms with van der Waals surface area (Å²) >= 11 is 0. The molecule has 1 aromatic carbocycles. The van der Waals surface area contributed by atoms with Crippen molar-refractivity contribution in [2.75, 3.05) is 18.5 Å². The second-order valence-electron chi connectivity index (χ2n) is 7.51. The molecule has 0 bridgehead atoms. The molecule has 3 atom stereocenters. The number of aliphatic hydroxyl groups excluding tert-OH is 1. The zero-order valence-electron chi connectivity index (χ0n) is 17.5. The Balaban J connectivity index is 1.43. The van der Waals surface area contributed by atoms with Crippen LogP contribution in [-0.4, -0.2) is 53.6 Å². The van der Waals surface area contributed by atoms with Crippen molar-refractivity contribution in [3.63, 3.8) is 0 Å². The van der Waals surface area contributed by atoms with Gasteiger partial charge in [0.2, 0.25) is 0 Å². The summed E-state index contributed by atoms with van der Waals surface area (Å²) in [6.45, 7) is 3.59. The van der Waals surface area contributed by atoms with Crippen LogP contribution < -0.4 is 16.0 Å². The number of hydrogen-bond acceptors (Lipinski definition) is 6. The highest BCUT2D eigenvalue weighted by Crippen LogP contribution is 2.22. The van der Waals surface area contributed by atoms with Gasteiger partial charge in [-0.15, -0.1) is 0 Å². The lowest BCUT2D eigenvalue weighted by Gasteiger charge is -2.36. The van der Waals surface area contributed by atoms with E-state index in [0.717, 1.165) is 0 Å². The van der Waals surface area contributed by atoms with Crippen LogP contribution in [0.1, 0.15) is 41.1 Å². The molecule has 2 heterocycles. The van der Waals surface area contributed by atoms with Crippen LogP contribution in [-0.2, 0) is 4.74 Å². The first kappa shape index (κ1) is 22.7. The van der Waals surface area contributed by atoms with Crippen LogP contribution in [0.25, 0.3) is 0 Å². The molecule has 0 aliphatic carbocycles. The summed E-state index contributed by atoms with van der Waals surface area (Å²) in [5, 5.41) is 21.8. The maximum Gasteiger partial charge on any atom is 0.319 e. The largest absolute Gasteiger partial charge is 0.394 e. The third-order valence-electron chi connectivity index (χ3n) is 5.24. The molecule has 3 rings (SSSR count). The lowest BCUT2D eigenvalue weighted by molar-refractivity contribution is -0.0892. The van der Waals surface area contributed by atoms with Gasteiger partial charge in [0.25, 0.3) is 5.91 Å². The fourth-order valence-electron chi connectivity index (χ4n) is 3.53. The molecule has 0 saturated carbocycles. The van der Waals surface area contributed by atoms with E-state index in [0.29, 0.717) is 48.5 Å². The van der Waals surface area contributed by atoms with E-state index in [9.17, 15) is 19.1 Å². The molecule has 31 heavy (non-hydrogen) atoms. The Morgan fingerprint density at radius 3 is 2.61 bits per heavy atom. The molecule has 9 nitrogen and oxygen atoms in total. The number of nitrogens with zero attached hydrogens (tertiary/aromatic N) is 1. The van der Waals surface area contributed by atoms with Crippen LogP contribution >= 0.6 is 0 Å². The van der Waals surface area contributed by atoms with Crippen molar-refractivity contribution in [3.8, 4) is 0 Å². The van der Waals surface area contributed by atoms with Gasteiger partial charge in [-0.25, -0.2) is 9.18 Å². The molecule has 3 amide bonds. The third-order valence-corrected chi connectivity index (χ3v) is 5.24. The number of carbonyl (C=O) groups is 2. The highest BCUT2D eigenvalue weighted by atomic mass is 19.1. The standard InChI is InChI=1S/C21H27FN4O5/c1-12-19(13(2)31-26-12)25-21(29)23-10-9-16-7-8-17(18(11-27)30-16)24-20(28)14-3-5-15(22)6-4-14/h3-6,16-18,27H,7-11H2,1-2H3,(H,24,28)(H2,23,25,29)/t16-,17+,18-/m1/s1. The molecule has 1 aliphatic rings. The van der Waals surface area contributed by atoms with E-state index >= 15 is 0 Å². The lowest BCUT2D eigenvalue weighted by Crippen LogP contribution is -2.51. The fourth-order valence-corrected chi connectivity index (χ4v) is 3.53. The minimum Gasteiger partial charge on any atom is -0.394 e. The van der Waals surface area contributed by atoms with Crippen molar-refractivity contribution in [2.24, 2.45) is 0 Å². The van der Waals surface area contributed by atoms with Gasteiger partial charge in [-0.05, 0) is 57.4 Å². The Morgan fingerprint density at radius 2 is 1.97 bits per heavy atom. The number of nitrogens with one attached hydrogen (secondary N) is 3. The van der Waals surface area contributed by atoms with Crippen molar-refractivity contribution >= 4 is 17.6 Å². The average Bonchev–Trinajstić information content (AvgIpc) is 3.07. The summed E-state index contributed by atoms with van der Waals surface area (Å²) in [5.74, 6) is -0.228. The number of halogens is 1. The quantitative estimate of drug-likeness (QED) is 0.530. The molecular weight excluding hydrogens is 407 g/mol. The maximum atomic E-state index is 13.0. The van der Waals surface area contributed by atoms with E-state index in [2.05, 4.69) is 21.1 Å². The number of aliphatic hydroxyl groups is 1. The first-order valence-electron chi connectivity index (χ1n) is 10.2. The van der Waals surface area contributed by atoms with Crippen LogP contribution in [0.5, 0.6) is 0 Å². The first-order valence-corrected chi connectivity index (χ1v) is 10.2. The third kappa shape index (κ3) is 6.02. The predicted molar refractivity (Wildman–Crippen MR) is 110 cm³/mol. The molecule has 10 heteroatoms. The summed E-state index contributed by atoms with van der Waals surface area (Å²) in [6, 6.07) is 4.54. The molecule has 1 fully saturated rings. The topological polar surface area (TPSA) is 126 Å². The predicted octanol–water partition coefficient (Wildman–Crippen LogP) is 2.28. The molecule has 0 unspecified atom stereocenters. The Kier molecular flexibility index (Phi) is 7.59. The molecule has 1 saturated heterocycles. The van der Waals surface area contributed by atoms with Crippen molar-refractivity contribution in [2.45, 2.75) is 51.4 Å². The minimum absolute atomic E-state index is 0.157. The lowest BCUT2D eigenvalue weighted by atomic mass is 9.96. The van der Waals surface area contributed by atoms with Gasteiger partial charge in [0.15, 0.2) is 5.76 Å². The van der Waals surface area contributed by atoms with E-state index in [1.165, 1.54) is 24.3 Å². The zero-order chi connectivity index (χ0) is 22.4. The number of aromatic nitrogens is 1. The summed E-state index contributed by atoms with van der Waals surface area (Å²) in [4.78, 5) is 24.4. The average molecular weight is 434 g/mol. The van der Waals surface area contributed by atoms with E-state index in [1.54, 1.807) is 13.8 Å². The van der Waals surface area contributed by atoms with Crippen LogP contribution in [0.15, 0.2) is 28.8 Å². The van der Waals surface area contributed by atoms with E-state index in [4.69, 9.17) is 9.26 Å². The maximum absolute atomic E-state index is 13.0. The minimum atomic E-state index is -0.556. The first-order chi connectivity index (χ1) is 14.9. The van der Waals surface area contributed by atoms with Crippen LogP contribution in [0.4, 0.5) is 14.9 Å².